The first-order valence-corrected chi connectivity index (χ1v) is 9.64. The number of nitrogens with zero attached hydrogens (tertiary/aromatic N) is 3. The number of carbonyl (C=O) groups is 1. The largest absolute Gasteiger partial charge is 0.497 e. The molecule has 7 nitrogen and oxygen atoms in total. The summed E-state index contributed by atoms with van der Waals surface area (Å²) in [4.78, 5) is 19.0. The number of benzene rings is 2. The number of para-hydroxylation sites is 1. The van der Waals surface area contributed by atoms with Crippen LogP contribution in [0.4, 0.5) is 5.69 Å². The zero-order valence-corrected chi connectivity index (χ0v) is 17.0. The van der Waals surface area contributed by atoms with Crippen molar-refractivity contribution in [2.24, 2.45) is 0 Å². The highest BCUT2D eigenvalue weighted by Crippen LogP contribution is 2.20. The smallest absolute Gasteiger partial charge is 0.241 e. The normalized spacial score (nSPS) is 10.9. The van der Waals surface area contributed by atoms with E-state index in [4.69, 9.17) is 9.26 Å². The van der Waals surface area contributed by atoms with Crippen LogP contribution in [0, 0.1) is 6.92 Å². The standard InChI is InChI=1S/C22H26N4O3/c1-4-13-26(14-20(27)23-19-8-6-5-7-16(19)2)15-21-24-22(25-29-21)17-9-11-18(28-3)12-10-17/h5-12H,4,13-15H2,1-3H3,(H,23,27). The second-order valence-corrected chi connectivity index (χ2v) is 6.81. The highest BCUT2D eigenvalue weighted by molar-refractivity contribution is 5.92. The summed E-state index contributed by atoms with van der Waals surface area (Å²) in [6.45, 7) is 5.46. The van der Waals surface area contributed by atoms with Crippen molar-refractivity contribution >= 4 is 11.6 Å². The van der Waals surface area contributed by atoms with E-state index in [0.717, 1.165) is 35.5 Å². The van der Waals surface area contributed by atoms with Gasteiger partial charge in [-0.3, -0.25) is 9.69 Å². The van der Waals surface area contributed by atoms with Crippen LogP contribution in [-0.2, 0) is 11.3 Å². The van der Waals surface area contributed by atoms with Gasteiger partial charge < -0.3 is 14.6 Å². The summed E-state index contributed by atoms with van der Waals surface area (Å²) in [5.74, 6) is 1.70. The summed E-state index contributed by atoms with van der Waals surface area (Å²) in [5, 5.41) is 7.03. The van der Waals surface area contributed by atoms with Gasteiger partial charge in [0, 0.05) is 11.3 Å². The molecule has 7 heteroatoms. The van der Waals surface area contributed by atoms with Gasteiger partial charge in [0.25, 0.3) is 0 Å². The second-order valence-electron chi connectivity index (χ2n) is 6.81. The van der Waals surface area contributed by atoms with Crippen LogP contribution >= 0.6 is 0 Å². The lowest BCUT2D eigenvalue weighted by molar-refractivity contribution is -0.117. The van der Waals surface area contributed by atoms with E-state index in [1.807, 2.05) is 60.4 Å². The molecular formula is C22H26N4O3. The molecule has 3 rings (SSSR count). The van der Waals surface area contributed by atoms with Crippen molar-refractivity contribution in [1.29, 1.82) is 0 Å². The summed E-state index contributed by atoms with van der Waals surface area (Å²) in [7, 11) is 1.62. The second kappa shape index (κ2) is 9.84. The molecule has 2 aromatic carbocycles. The van der Waals surface area contributed by atoms with Crippen molar-refractivity contribution < 1.29 is 14.1 Å². The lowest BCUT2D eigenvalue weighted by Gasteiger charge is -2.19. The van der Waals surface area contributed by atoms with Gasteiger partial charge in [-0.15, -0.1) is 0 Å². The average molecular weight is 394 g/mol. The minimum Gasteiger partial charge on any atom is -0.497 e. The van der Waals surface area contributed by atoms with E-state index in [0.29, 0.717) is 18.3 Å². The van der Waals surface area contributed by atoms with Gasteiger partial charge in [0.2, 0.25) is 17.6 Å². The Kier molecular flexibility index (Phi) is 6.97. The molecule has 29 heavy (non-hydrogen) atoms. The third-order valence-corrected chi connectivity index (χ3v) is 4.50. The molecule has 0 fully saturated rings. The van der Waals surface area contributed by atoms with Gasteiger partial charge in [0.1, 0.15) is 5.75 Å². The first-order valence-electron chi connectivity index (χ1n) is 9.64. The summed E-state index contributed by atoms with van der Waals surface area (Å²) in [6.07, 6.45) is 0.914. The van der Waals surface area contributed by atoms with E-state index in [1.165, 1.54) is 0 Å². The Morgan fingerprint density at radius 1 is 1.17 bits per heavy atom. The third-order valence-electron chi connectivity index (χ3n) is 4.50. The number of hydrogen-bond donors (Lipinski definition) is 1. The van der Waals surface area contributed by atoms with Crippen molar-refractivity contribution in [2.45, 2.75) is 26.8 Å². The molecule has 0 bridgehead atoms. The van der Waals surface area contributed by atoms with Crippen LogP contribution in [0.2, 0.25) is 0 Å². The number of amides is 1. The first kappa shape index (κ1) is 20.5. The molecule has 1 N–H and O–H groups in total. The Morgan fingerprint density at radius 2 is 1.93 bits per heavy atom. The molecule has 0 saturated carbocycles. The van der Waals surface area contributed by atoms with Crippen LogP contribution in [0.15, 0.2) is 53.1 Å². The molecular weight excluding hydrogens is 368 g/mol. The van der Waals surface area contributed by atoms with Crippen molar-refractivity contribution in [1.82, 2.24) is 15.0 Å². The Morgan fingerprint density at radius 3 is 2.62 bits per heavy atom. The lowest BCUT2D eigenvalue weighted by atomic mass is 10.2. The number of anilines is 1. The first-order chi connectivity index (χ1) is 14.1. The molecule has 3 aromatic rings. The van der Waals surface area contributed by atoms with E-state index in [2.05, 4.69) is 22.4 Å². The Bertz CT molecular complexity index is 937. The molecule has 0 saturated heterocycles. The SMILES string of the molecule is CCCN(CC(=O)Nc1ccccc1C)Cc1nc(-c2ccc(OC)cc2)no1. The molecule has 0 unspecified atom stereocenters. The zero-order chi connectivity index (χ0) is 20.6. The number of ether oxygens (including phenoxy) is 1. The fourth-order valence-corrected chi connectivity index (χ4v) is 3.00. The Balaban J connectivity index is 1.63. The predicted octanol–water partition coefficient (Wildman–Crippen LogP) is 3.90. The van der Waals surface area contributed by atoms with Crippen LogP contribution in [-0.4, -0.2) is 41.1 Å². The van der Waals surface area contributed by atoms with E-state index in [-0.39, 0.29) is 12.5 Å². The molecule has 0 aliphatic heterocycles. The summed E-state index contributed by atoms with van der Waals surface area (Å²) < 4.78 is 10.6. The van der Waals surface area contributed by atoms with Gasteiger partial charge in [-0.05, 0) is 55.8 Å². The lowest BCUT2D eigenvalue weighted by Crippen LogP contribution is -2.33. The fourth-order valence-electron chi connectivity index (χ4n) is 3.00. The molecule has 0 radical (unpaired) electrons. The monoisotopic (exact) mass is 394 g/mol. The number of nitrogens with one attached hydrogen (secondary N) is 1. The molecule has 0 aliphatic rings. The summed E-state index contributed by atoms with van der Waals surface area (Å²) in [5.41, 5.74) is 2.71. The maximum atomic E-state index is 12.5. The highest BCUT2D eigenvalue weighted by atomic mass is 16.5. The van der Waals surface area contributed by atoms with Crippen molar-refractivity contribution in [3.05, 3.63) is 60.0 Å². The maximum absolute atomic E-state index is 12.5. The number of rotatable bonds is 9. The molecule has 1 heterocycles. The predicted molar refractivity (Wildman–Crippen MR) is 112 cm³/mol. The van der Waals surface area contributed by atoms with E-state index < -0.39 is 0 Å². The Hall–Kier alpha value is -3.19. The van der Waals surface area contributed by atoms with Gasteiger partial charge in [-0.2, -0.15) is 4.98 Å². The fraction of sp³-hybridized carbons (Fsp3) is 0.318. The highest BCUT2D eigenvalue weighted by Gasteiger charge is 2.16. The van der Waals surface area contributed by atoms with Gasteiger partial charge in [0.05, 0.1) is 20.2 Å². The van der Waals surface area contributed by atoms with Gasteiger partial charge >= 0.3 is 0 Å². The number of aryl methyl sites for hydroxylation is 1. The molecule has 0 atom stereocenters. The van der Waals surface area contributed by atoms with Gasteiger partial charge in [-0.25, -0.2) is 0 Å². The van der Waals surface area contributed by atoms with E-state index in [1.54, 1.807) is 7.11 Å². The molecule has 152 valence electrons. The quantitative estimate of drug-likeness (QED) is 0.593. The van der Waals surface area contributed by atoms with E-state index >= 15 is 0 Å². The zero-order valence-electron chi connectivity index (χ0n) is 17.0. The van der Waals surface area contributed by atoms with Crippen LogP contribution < -0.4 is 10.1 Å². The van der Waals surface area contributed by atoms with Crippen LogP contribution in [0.5, 0.6) is 5.75 Å². The third kappa shape index (κ3) is 5.65. The molecule has 0 spiro atoms. The Labute approximate surface area is 170 Å². The maximum Gasteiger partial charge on any atom is 0.241 e. The minimum absolute atomic E-state index is 0.0670. The number of hydrogen-bond acceptors (Lipinski definition) is 6. The van der Waals surface area contributed by atoms with Crippen LogP contribution in [0.3, 0.4) is 0 Å². The number of aromatic nitrogens is 2. The average Bonchev–Trinajstić information content (AvgIpc) is 3.18. The summed E-state index contributed by atoms with van der Waals surface area (Å²) >= 11 is 0. The van der Waals surface area contributed by atoms with Crippen molar-refractivity contribution in [3.63, 3.8) is 0 Å². The number of carbonyl (C=O) groups excluding carboxylic acids is 1. The molecule has 0 aliphatic carbocycles. The van der Waals surface area contributed by atoms with E-state index in [9.17, 15) is 4.79 Å². The van der Waals surface area contributed by atoms with Gasteiger partial charge in [-0.1, -0.05) is 30.3 Å². The number of methoxy groups -OCH3 is 1. The topological polar surface area (TPSA) is 80.5 Å². The molecule has 1 amide bonds. The van der Waals surface area contributed by atoms with Crippen molar-refractivity contribution in [2.75, 3.05) is 25.5 Å². The molecule has 1 aromatic heterocycles. The minimum atomic E-state index is -0.0670. The summed E-state index contributed by atoms with van der Waals surface area (Å²) in [6, 6.07) is 15.2. The van der Waals surface area contributed by atoms with Gasteiger partial charge in [0.15, 0.2) is 0 Å². The van der Waals surface area contributed by atoms with Crippen molar-refractivity contribution in [3.8, 4) is 17.1 Å². The van der Waals surface area contributed by atoms with Crippen LogP contribution in [0.1, 0.15) is 24.8 Å². The van der Waals surface area contributed by atoms with Crippen LogP contribution in [0.25, 0.3) is 11.4 Å².